The van der Waals surface area contributed by atoms with Gasteiger partial charge in [0.05, 0.1) is 0 Å². The maximum absolute atomic E-state index is 12.8. The van der Waals surface area contributed by atoms with Gasteiger partial charge in [-0.1, -0.05) is 6.92 Å². The van der Waals surface area contributed by atoms with E-state index in [1.807, 2.05) is 0 Å². The van der Waals surface area contributed by atoms with Crippen LogP contribution >= 0.6 is 0 Å². The highest BCUT2D eigenvalue weighted by Crippen LogP contribution is 2.29. The summed E-state index contributed by atoms with van der Waals surface area (Å²) in [4.78, 5) is 14.3. The minimum absolute atomic E-state index is 0.00601. The van der Waals surface area contributed by atoms with E-state index in [1.165, 1.54) is 25.0 Å². The van der Waals surface area contributed by atoms with E-state index in [0.29, 0.717) is 12.1 Å². The van der Waals surface area contributed by atoms with Gasteiger partial charge in [0.15, 0.2) is 0 Å². The molecule has 1 aliphatic rings. The second-order valence-corrected chi connectivity index (χ2v) is 5.55. The lowest BCUT2D eigenvalue weighted by Gasteiger charge is -2.21. The molecule has 0 spiro atoms. The molecule has 0 atom stereocenters. The van der Waals surface area contributed by atoms with Crippen LogP contribution in [0, 0.1) is 11.7 Å². The summed E-state index contributed by atoms with van der Waals surface area (Å²) in [5.41, 5.74) is 0.653. The van der Waals surface area contributed by atoms with Gasteiger partial charge < -0.3 is 10.2 Å². The van der Waals surface area contributed by atoms with Gasteiger partial charge in [0.1, 0.15) is 5.82 Å². The monoisotopic (exact) mass is 278 g/mol. The summed E-state index contributed by atoms with van der Waals surface area (Å²) in [7, 11) is 0. The number of nitrogens with zero attached hydrogens (tertiary/aromatic N) is 1. The van der Waals surface area contributed by atoms with Gasteiger partial charge in [-0.25, -0.2) is 4.39 Å². The number of benzene rings is 1. The molecule has 4 heteroatoms. The van der Waals surface area contributed by atoms with E-state index in [2.05, 4.69) is 17.1 Å². The van der Waals surface area contributed by atoms with Crippen LogP contribution in [-0.2, 0) is 4.79 Å². The van der Waals surface area contributed by atoms with Crippen molar-refractivity contribution in [1.82, 2.24) is 4.90 Å². The van der Waals surface area contributed by atoms with Gasteiger partial charge in [0.2, 0.25) is 5.91 Å². The molecule has 0 aromatic heterocycles. The van der Waals surface area contributed by atoms with Gasteiger partial charge in [-0.2, -0.15) is 0 Å². The summed E-state index contributed by atoms with van der Waals surface area (Å²) in [5, 5.41) is 2.80. The molecule has 20 heavy (non-hydrogen) atoms. The Bertz CT molecular complexity index is 429. The Morgan fingerprint density at radius 1 is 1.30 bits per heavy atom. The maximum atomic E-state index is 12.8. The van der Waals surface area contributed by atoms with Crippen LogP contribution in [0.5, 0.6) is 0 Å². The summed E-state index contributed by atoms with van der Waals surface area (Å²) >= 11 is 0. The Hall–Kier alpha value is -1.42. The Morgan fingerprint density at radius 3 is 2.60 bits per heavy atom. The van der Waals surface area contributed by atoms with Crippen molar-refractivity contribution in [3.63, 3.8) is 0 Å². The largest absolute Gasteiger partial charge is 0.326 e. The lowest BCUT2D eigenvalue weighted by atomic mass is 10.2. The Kier molecular flexibility index (Phi) is 5.53. The first kappa shape index (κ1) is 15.0. The van der Waals surface area contributed by atoms with E-state index in [1.54, 1.807) is 12.1 Å². The van der Waals surface area contributed by atoms with Crippen LogP contribution in [0.2, 0.25) is 0 Å². The molecule has 0 heterocycles. The molecule has 0 aliphatic heterocycles. The van der Waals surface area contributed by atoms with Crippen LogP contribution in [0.1, 0.15) is 32.6 Å². The normalized spacial score (nSPS) is 14.6. The van der Waals surface area contributed by atoms with Crippen LogP contribution in [0.25, 0.3) is 0 Å². The van der Waals surface area contributed by atoms with Crippen molar-refractivity contribution in [3.8, 4) is 0 Å². The highest BCUT2D eigenvalue weighted by Gasteiger charge is 2.24. The number of carbonyl (C=O) groups excluding carboxylic acids is 1. The summed E-state index contributed by atoms with van der Waals surface area (Å²) in [6.45, 7) is 5.15. The van der Waals surface area contributed by atoms with E-state index >= 15 is 0 Å². The van der Waals surface area contributed by atoms with Crippen LogP contribution in [0.4, 0.5) is 10.1 Å². The molecule has 1 fully saturated rings. The van der Waals surface area contributed by atoms with Crippen molar-refractivity contribution in [2.24, 2.45) is 5.92 Å². The SMILES string of the molecule is CCCN(CCC(=O)Nc1ccc(F)cc1)CC1CC1. The molecule has 1 aromatic carbocycles. The van der Waals surface area contributed by atoms with Gasteiger partial charge in [-0.05, 0) is 56.0 Å². The predicted octanol–water partition coefficient (Wildman–Crippen LogP) is 3.28. The molecule has 1 aromatic rings. The number of hydrogen-bond donors (Lipinski definition) is 1. The van der Waals surface area contributed by atoms with Crippen LogP contribution in [0.3, 0.4) is 0 Å². The van der Waals surface area contributed by atoms with E-state index in [0.717, 1.165) is 32.0 Å². The first-order chi connectivity index (χ1) is 9.67. The van der Waals surface area contributed by atoms with Crippen LogP contribution in [0.15, 0.2) is 24.3 Å². The lowest BCUT2D eigenvalue weighted by Crippen LogP contribution is -2.30. The van der Waals surface area contributed by atoms with E-state index in [-0.39, 0.29) is 11.7 Å². The van der Waals surface area contributed by atoms with Gasteiger partial charge in [-0.3, -0.25) is 4.79 Å². The van der Waals surface area contributed by atoms with Crippen molar-refractivity contribution in [1.29, 1.82) is 0 Å². The van der Waals surface area contributed by atoms with Gasteiger partial charge in [0, 0.05) is 25.2 Å². The third kappa shape index (κ3) is 5.29. The van der Waals surface area contributed by atoms with Crippen molar-refractivity contribution in [2.45, 2.75) is 32.6 Å². The van der Waals surface area contributed by atoms with Gasteiger partial charge in [-0.15, -0.1) is 0 Å². The number of carbonyl (C=O) groups is 1. The van der Waals surface area contributed by atoms with Gasteiger partial charge in [0.25, 0.3) is 0 Å². The van der Waals surface area contributed by atoms with E-state index in [9.17, 15) is 9.18 Å². The molecule has 110 valence electrons. The van der Waals surface area contributed by atoms with Crippen molar-refractivity contribution < 1.29 is 9.18 Å². The summed E-state index contributed by atoms with van der Waals surface area (Å²) < 4.78 is 12.8. The average molecular weight is 278 g/mol. The zero-order valence-corrected chi connectivity index (χ0v) is 12.1. The second-order valence-electron chi connectivity index (χ2n) is 5.55. The maximum Gasteiger partial charge on any atom is 0.225 e. The highest BCUT2D eigenvalue weighted by atomic mass is 19.1. The molecular formula is C16H23FN2O. The molecule has 1 N–H and O–H groups in total. The second kappa shape index (κ2) is 7.39. The summed E-state index contributed by atoms with van der Waals surface area (Å²) in [6.07, 6.45) is 4.28. The van der Waals surface area contributed by atoms with Crippen LogP contribution in [-0.4, -0.2) is 30.4 Å². The van der Waals surface area contributed by atoms with Crippen molar-refractivity contribution >= 4 is 11.6 Å². The molecule has 2 rings (SSSR count). The van der Waals surface area contributed by atoms with E-state index < -0.39 is 0 Å². The molecule has 0 saturated heterocycles. The average Bonchev–Trinajstić information content (AvgIpc) is 3.23. The fraction of sp³-hybridized carbons (Fsp3) is 0.562. The zero-order valence-electron chi connectivity index (χ0n) is 12.1. The zero-order chi connectivity index (χ0) is 14.4. The predicted molar refractivity (Wildman–Crippen MR) is 79.1 cm³/mol. The number of rotatable bonds is 8. The minimum atomic E-state index is -0.290. The molecule has 3 nitrogen and oxygen atoms in total. The first-order valence-corrected chi connectivity index (χ1v) is 7.45. The van der Waals surface area contributed by atoms with Crippen molar-refractivity contribution in [2.75, 3.05) is 25.0 Å². The smallest absolute Gasteiger partial charge is 0.225 e. The number of hydrogen-bond acceptors (Lipinski definition) is 2. The summed E-state index contributed by atoms with van der Waals surface area (Å²) in [6, 6.07) is 5.88. The molecule has 1 saturated carbocycles. The highest BCUT2D eigenvalue weighted by molar-refractivity contribution is 5.90. The first-order valence-electron chi connectivity index (χ1n) is 7.45. The number of amides is 1. The lowest BCUT2D eigenvalue weighted by molar-refractivity contribution is -0.116. The Balaban J connectivity index is 1.73. The quantitative estimate of drug-likeness (QED) is 0.791. The third-order valence-corrected chi connectivity index (χ3v) is 3.54. The fourth-order valence-corrected chi connectivity index (χ4v) is 2.29. The third-order valence-electron chi connectivity index (χ3n) is 3.54. The standard InChI is InChI=1S/C16H23FN2O/c1-2-10-19(12-13-3-4-13)11-9-16(20)18-15-7-5-14(17)6-8-15/h5-8,13H,2-4,9-12H2,1H3,(H,18,20). The Labute approximate surface area is 120 Å². The van der Waals surface area contributed by atoms with E-state index in [4.69, 9.17) is 0 Å². The molecule has 0 bridgehead atoms. The molecular weight excluding hydrogens is 255 g/mol. The number of anilines is 1. The molecule has 0 radical (unpaired) electrons. The molecule has 1 amide bonds. The Morgan fingerprint density at radius 2 is 2.00 bits per heavy atom. The van der Waals surface area contributed by atoms with Gasteiger partial charge >= 0.3 is 0 Å². The minimum Gasteiger partial charge on any atom is -0.326 e. The van der Waals surface area contributed by atoms with Crippen LogP contribution < -0.4 is 5.32 Å². The fourth-order valence-electron chi connectivity index (χ4n) is 2.29. The molecule has 1 aliphatic carbocycles. The summed E-state index contributed by atoms with van der Waals surface area (Å²) in [5.74, 6) is 0.553. The number of halogens is 1. The number of nitrogens with one attached hydrogen (secondary N) is 1. The van der Waals surface area contributed by atoms with Crippen molar-refractivity contribution in [3.05, 3.63) is 30.1 Å². The topological polar surface area (TPSA) is 32.3 Å². The molecule has 0 unspecified atom stereocenters.